The molecule has 1 aliphatic carbocycles. The van der Waals surface area contributed by atoms with Gasteiger partial charge in [0.05, 0.1) is 10.5 Å². The van der Waals surface area contributed by atoms with Crippen LogP contribution in [0.1, 0.15) is 56.6 Å². The summed E-state index contributed by atoms with van der Waals surface area (Å²) < 4.78 is 7.27. The van der Waals surface area contributed by atoms with Gasteiger partial charge < -0.3 is 9.30 Å². The third-order valence-corrected chi connectivity index (χ3v) is 4.66. The van der Waals surface area contributed by atoms with Crippen LogP contribution in [-0.4, -0.2) is 27.8 Å². The van der Waals surface area contributed by atoms with E-state index in [2.05, 4.69) is 4.57 Å². The summed E-state index contributed by atoms with van der Waals surface area (Å²) in [5, 5.41) is 10.8. The van der Waals surface area contributed by atoms with E-state index >= 15 is 0 Å². The van der Waals surface area contributed by atoms with Crippen molar-refractivity contribution in [1.29, 1.82) is 0 Å². The van der Waals surface area contributed by atoms with Crippen molar-refractivity contribution in [3.8, 4) is 0 Å². The Morgan fingerprint density at radius 1 is 1.23 bits per heavy atom. The third kappa shape index (κ3) is 3.37. The molecule has 136 valence electrons. The summed E-state index contributed by atoms with van der Waals surface area (Å²) in [5.74, 6) is -0.927. The number of ether oxygens (including phenoxy) is 1. The monoisotopic (exact) mass is 356 g/mol. The zero-order chi connectivity index (χ0) is 19.0. The highest BCUT2D eigenvalue weighted by atomic mass is 16.6. The van der Waals surface area contributed by atoms with E-state index < -0.39 is 10.9 Å². The van der Waals surface area contributed by atoms with Gasteiger partial charge in [-0.05, 0) is 51.8 Å². The van der Waals surface area contributed by atoms with Crippen LogP contribution in [0, 0.1) is 30.9 Å². The average molecular weight is 356 g/mol. The molecule has 2 aromatic rings. The topological polar surface area (TPSA) is 91.4 Å². The van der Waals surface area contributed by atoms with Gasteiger partial charge in [-0.25, -0.2) is 4.79 Å². The van der Waals surface area contributed by atoms with Gasteiger partial charge in [-0.1, -0.05) is 0 Å². The first kappa shape index (κ1) is 17.8. The lowest BCUT2D eigenvalue weighted by Crippen LogP contribution is -2.15. The Hall–Kier alpha value is -2.96. The lowest BCUT2D eigenvalue weighted by atomic mass is 10.1. The number of ketones is 1. The Morgan fingerprint density at radius 3 is 2.50 bits per heavy atom. The molecule has 7 heteroatoms. The molecule has 1 aromatic heterocycles. The largest absolute Gasteiger partial charge is 0.454 e. The zero-order valence-electron chi connectivity index (χ0n) is 14.9. The van der Waals surface area contributed by atoms with Crippen molar-refractivity contribution in [2.75, 3.05) is 6.61 Å². The number of hydrogen-bond donors (Lipinski definition) is 0. The van der Waals surface area contributed by atoms with Crippen molar-refractivity contribution in [3.05, 3.63) is 62.5 Å². The van der Waals surface area contributed by atoms with E-state index in [4.69, 9.17) is 4.74 Å². The van der Waals surface area contributed by atoms with Gasteiger partial charge in [0, 0.05) is 34.6 Å². The predicted octanol–water partition coefficient (Wildman–Crippen LogP) is 3.70. The molecule has 1 fully saturated rings. The van der Waals surface area contributed by atoms with Crippen LogP contribution in [-0.2, 0) is 4.74 Å². The first-order valence-electron chi connectivity index (χ1n) is 8.43. The summed E-state index contributed by atoms with van der Waals surface area (Å²) in [6.45, 7) is 5.06. The van der Waals surface area contributed by atoms with Crippen LogP contribution in [0.4, 0.5) is 5.69 Å². The second-order valence-corrected chi connectivity index (χ2v) is 6.64. The van der Waals surface area contributed by atoms with Crippen molar-refractivity contribution in [2.45, 2.75) is 39.7 Å². The molecule has 1 saturated carbocycles. The Kier molecular flexibility index (Phi) is 4.63. The minimum atomic E-state index is -0.674. The van der Waals surface area contributed by atoms with Gasteiger partial charge in [0.1, 0.15) is 0 Å². The lowest BCUT2D eigenvalue weighted by Gasteiger charge is -2.08. The molecular weight excluding hydrogens is 336 g/mol. The number of carbonyl (C=O) groups excluding carboxylic acids is 2. The molecule has 0 N–H and O–H groups in total. The SMILES string of the molecule is Cc1cc(C(=O)OCC(=O)c2cc(C)n(C3CC3)c2C)ccc1[N+](=O)[O-]. The second-order valence-electron chi connectivity index (χ2n) is 6.64. The number of nitrogens with zero attached hydrogens (tertiary/aromatic N) is 2. The number of carbonyl (C=O) groups is 2. The van der Waals surface area contributed by atoms with Crippen LogP contribution in [0.2, 0.25) is 0 Å². The van der Waals surface area contributed by atoms with E-state index in [-0.39, 0.29) is 23.6 Å². The Balaban J connectivity index is 1.68. The smallest absolute Gasteiger partial charge is 0.338 e. The first-order chi connectivity index (χ1) is 12.3. The van der Waals surface area contributed by atoms with Gasteiger partial charge in [-0.2, -0.15) is 0 Å². The number of nitro benzene ring substituents is 1. The van der Waals surface area contributed by atoms with Gasteiger partial charge in [-0.3, -0.25) is 14.9 Å². The summed E-state index contributed by atoms with van der Waals surface area (Å²) in [6, 6.07) is 6.29. The molecule has 1 aliphatic rings. The van der Waals surface area contributed by atoms with Crippen molar-refractivity contribution in [1.82, 2.24) is 4.57 Å². The number of benzene rings is 1. The highest BCUT2D eigenvalue weighted by Gasteiger charge is 2.28. The lowest BCUT2D eigenvalue weighted by molar-refractivity contribution is -0.385. The van der Waals surface area contributed by atoms with E-state index in [0.717, 1.165) is 24.2 Å². The normalized spacial score (nSPS) is 13.5. The van der Waals surface area contributed by atoms with E-state index in [9.17, 15) is 19.7 Å². The molecule has 0 aliphatic heterocycles. The maximum Gasteiger partial charge on any atom is 0.338 e. The molecule has 0 bridgehead atoms. The van der Waals surface area contributed by atoms with Gasteiger partial charge in [0.25, 0.3) is 5.69 Å². The average Bonchev–Trinajstić information content (AvgIpc) is 3.37. The molecular formula is C19H20N2O5. The van der Waals surface area contributed by atoms with Crippen LogP contribution in [0.25, 0.3) is 0 Å². The van der Waals surface area contributed by atoms with Crippen molar-refractivity contribution in [3.63, 3.8) is 0 Å². The number of esters is 1. The summed E-state index contributed by atoms with van der Waals surface area (Å²) in [5.41, 5.74) is 2.99. The maximum absolute atomic E-state index is 12.4. The zero-order valence-corrected chi connectivity index (χ0v) is 14.9. The van der Waals surface area contributed by atoms with Crippen LogP contribution in [0.3, 0.4) is 0 Å². The summed E-state index contributed by atoms with van der Waals surface area (Å²) in [4.78, 5) is 34.9. The number of rotatable bonds is 6. The molecule has 0 spiro atoms. The summed E-state index contributed by atoms with van der Waals surface area (Å²) in [7, 11) is 0. The maximum atomic E-state index is 12.4. The van der Waals surface area contributed by atoms with Crippen molar-refractivity contribution < 1.29 is 19.2 Å². The molecule has 0 amide bonds. The Bertz CT molecular complexity index is 909. The van der Waals surface area contributed by atoms with Crippen molar-refractivity contribution >= 4 is 17.4 Å². The number of Topliss-reactive ketones (excluding diaryl/α,β-unsaturated/α-hetero) is 1. The Morgan fingerprint density at radius 2 is 1.92 bits per heavy atom. The molecule has 26 heavy (non-hydrogen) atoms. The molecule has 0 radical (unpaired) electrons. The van der Waals surface area contributed by atoms with Gasteiger partial charge in [0.2, 0.25) is 5.78 Å². The highest BCUT2D eigenvalue weighted by Crippen LogP contribution is 2.38. The van der Waals surface area contributed by atoms with Crippen LogP contribution < -0.4 is 0 Å². The molecule has 1 aromatic carbocycles. The third-order valence-electron chi connectivity index (χ3n) is 4.66. The molecule has 7 nitrogen and oxygen atoms in total. The predicted molar refractivity (Wildman–Crippen MR) is 94.6 cm³/mol. The molecule has 1 heterocycles. The minimum Gasteiger partial charge on any atom is -0.454 e. The number of nitro groups is 1. The summed E-state index contributed by atoms with van der Waals surface area (Å²) in [6.07, 6.45) is 2.25. The van der Waals surface area contributed by atoms with Gasteiger partial charge in [-0.15, -0.1) is 0 Å². The fourth-order valence-electron chi connectivity index (χ4n) is 3.23. The van der Waals surface area contributed by atoms with Crippen LogP contribution in [0.5, 0.6) is 0 Å². The number of aryl methyl sites for hydroxylation is 2. The van der Waals surface area contributed by atoms with Gasteiger partial charge in [0.15, 0.2) is 6.61 Å². The fourth-order valence-corrected chi connectivity index (χ4v) is 3.23. The molecule has 0 atom stereocenters. The van der Waals surface area contributed by atoms with E-state index in [1.165, 1.54) is 18.2 Å². The number of aromatic nitrogens is 1. The fraction of sp³-hybridized carbons (Fsp3) is 0.368. The van der Waals surface area contributed by atoms with E-state index in [0.29, 0.717) is 17.2 Å². The quantitative estimate of drug-likeness (QED) is 0.341. The standard InChI is InChI=1S/C19H20N2O5/c1-11-8-14(4-7-17(11)21(24)25)19(23)26-10-18(22)16-9-12(2)20(13(16)3)15-5-6-15/h4,7-9,15H,5-6,10H2,1-3H3. The minimum absolute atomic E-state index is 0.0647. The van der Waals surface area contributed by atoms with E-state index in [1.807, 2.05) is 19.9 Å². The number of hydrogen-bond acceptors (Lipinski definition) is 5. The highest BCUT2D eigenvalue weighted by molar-refractivity contribution is 6.00. The summed E-state index contributed by atoms with van der Waals surface area (Å²) >= 11 is 0. The van der Waals surface area contributed by atoms with E-state index in [1.54, 1.807) is 6.92 Å². The van der Waals surface area contributed by atoms with Crippen LogP contribution >= 0.6 is 0 Å². The Labute approximate surface area is 150 Å². The first-order valence-corrected chi connectivity index (χ1v) is 8.43. The van der Waals surface area contributed by atoms with Crippen LogP contribution in [0.15, 0.2) is 24.3 Å². The van der Waals surface area contributed by atoms with Crippen molar-refractivity contribution in [2.24, 2.45) is 0 Å². The molecule has 3 rings (SSSR count). The molecule has 0 unspecified atom stereocenters. The van der Waals surface area contributed by atoms with Gasteiger partial charge >= 0.3 is 5.97 Å². The second kappa shape index (κ2) is 6.74. The molecule has 0 saturated heterocycles.